The number of nitrogens with zero attached hydrogens (tertiary/aromatic N) is 2. The van der Waals surface area contributed by atoms with E-state index in [0.717, 1.165) is 12.1 Å². The van der Waals surface area contributed by atoms with Gasteiger partial charge in [-0.05, 0) is 32.0 Å². The molecule has 0 aliphatic heterocycles. The molecule has 0 bridgehead atoms. The fourth-order valence-electron chi connectivity index (χ4n) is 1.87. The van der Waals surface area contributed by atoms with E-state index >= 15 is 0 Å². The van der Waals surface area contributed by atoms with Gasteiger partial charge in [-0.3, -0.25) is 0 Å². The van der Waals surface area contributed by atoms with Gasteiger partial charge in [0.25, 0.3) is 10.0 Å². The molecule has 5 nitrogen and oxygen atoms in total. The van der Waals surface area contributed by atoms with Crippen molar-refractivity contribution in [3.05, 3.63) is 23.9 Å². The maximum absolute atomic E-state index is 12.4. The zero-order chi connectivity index (χ0) is 14.5. The van der Waals surface area contributed by atoms with E-state index in [1.807, 2.05) is 27.7 Å². The van der Waals surface area contributed by atoms with E-state index in [1.54, 1.807) is 18.3 Å². The van der Waals surface area contributed by atoms with Crippen molar-refractivity contribution in [2.45, 2.75) is 45.3 Å². The number of aromatic nitrogens is 1. The average molecular weight is 285 g/mol. The molecular formula is C13H23N3O2S. The van der Waals surface area contributed by atoms with Gasteiger partial charge in [-0.2, -0.15) is 4.31 Å². The Balaban J connectivity index is 2.96. The molecular weight excluding hydrogens is 262 g/mol. The van der Waals surface area contributed by atoms with Crippen LogP contribution < -0.4 is 5.32 Å². The Kier molecular flexibility index (Phi) is 5.90. The van der Waals surface area contributed by atoms with Crippen LogP contribution in [-0.2, 0) is 16.6 Å². The average Bonchev–Trinajstić information content (AvgIpc) is 2.36. The second-order valence-electron chi connectivity index (χ2n) is 4.59. The Bertz CT molecular complexity index is 483. The largest absolute Gasteiger partial charge is 0.313 e. The summed E-state index contributed by atoms with van der Waals surface area (Å²) in [4.78, 5) is 4.08. The molecule has 1 aromatic rings. The van der Waals surface area contributed by atoms with Crippen molar-refractivity contribution >= 4 is 10.0 Å². The van der Waals surface area contributed by atoms with Crippen molar-refractivity contribution in [1.82, 2.24) is 14.6 Å². The standard InChI is InChI=1S/C13H23N3O2S/c1-5-14-9-12-7-8-13(15-10-12)19(17,18)16(6-2)11(3)4/h7-8,10-11,14H,5-6,9H2,1-4H3. The summed E-state index contributed by atoms with van der Waals surface area (Å²) in [5, 5.41) is 3.29. The third-order valence-corrected chi connectivity index (χ3v) is 4.90. The van der Waals surface area contributed by atoms with Crippen LogP contribution in [0.3, 0.4) is 0 Å². The third kappa shape index (κ3) is 3.99. The molecule has 0 radical (unpaired) electrons. The number of hydrogen-bond acceptors (Lipinski definition) is 4. The highest BCUT2D eigenvalue weighted by Crippen LogP contribution is 2.16. The Morgan fingerprint density at radius 3 is 2.42 bits per heavy atom. The van der Waals surface area contributed by atoms with E-state index in [0.29, 0.717) is 13.1 Å². The molecule has 108 valence electrons. The molecule has 1 N–H and O–H groups in total. The van der Waals surface area contributed by atoms with Gasteiger partial charge in [-0.15, -0.1) is 0 Å². The van der Waals surface area contributed by atoms with E-state index in [2.05, 4.69) is 10.3 Å². The topological polar surface area (TPSA) is 62.3 Å². The zero-order valence-electron chi connectivity index (χ0n) is 12.0. The highest BCUT2D eigenvalue weighted by atomic mass is 32.2. The van der Waals surface area contributed by atoms with Gasteiger partial charge in [0.15, 0.2) is 5.03 Å². The van der Waals surface area contributed by atoms with Crippen molar-refractivity contribution in [3.63, 3.8) is 0 Å². The first-order valence-corrected chi connectivity index (χ1v) is 8.05. The smallest absolute Gasteiger partial charge is 0.260 e. The first kappa shape index (κ1) is 16.1. The van der Waals surface area contributed by atoms with E-state index in [9.17, 15) is 8.42 Å². The first-order valence-electron chi connectivity index (χ1n) is 6.61. The minimum atomic E-state index is -3.49. The molecule has 0 aliphatic rings. The predicted octanol–water partition coefficient (Wildman–Crippen LogP) is 1.61. The molecule has 1 aromatic heterocycles. The molecule has 0 saturated heterocycles. The summed E-state index contributed by atoms with van der Waals surface area (Å²) in [6.45, 7) is 9.59. The maximum atomic E-state index is 12.4. The molecule has 0 spiro atoms. The van der Waals surface area contributed by atoms with Crippen molar-refractivity contribution in [3.8, 4) is 0 Å². The fourth-order valence-corrected chi connectivity index (χ4v) is 3.43. The molecule has 0 aromatic carbocycles. The Morgan fingerprint density at radius 2 is 2.00 bits per heavy atom. The van der Waals surface area contributed by atoms with E-state index < -0.39 is 10.0 Å². The van der Waals surface area contributed by atoms with Crippen LogP contribution in [0.5, 0.6) is 0 Å². The molecule has 19 heavy (non-hydrogen) atoms. The lowest BCUT2D eigenvalue weighted by molar-refractivity contribution is 0.367. The monoisotopic (exact) mass is 285 g/mol. The quantitative estimate of drug-likeness (QED) is 0.827. The molecule has 0 aliphatic carbocycles. The third-order valence-electron chi connectivity index (χ3n) is 2.84. The van der Waals surface area contributed by atoms with Crippen LogP contribution in [0.25, 0.3) is 0 Å². The second-order valence-corrected chi connectivity index (χ2v) is 6.42. The van der Waals surface area contributed by atoms with E-state index in [4.69, 9.17) is 0 Å². The lowest BCUT2D eigenvalue weighted by Crippen LogP contribution is -2.37. The van der Waals surface area contributed by atoms with E-state index in [1.165, 1.54) is 4.31 Å². The van der Waals surface area contributed by atoms with Gasteiger partial charge >= 0.3 is 0 Å². The predicted molar refractivity (Wildman–Crippen MR) is 76.3 cm³/mol. The number of rotatable bonds is 7. The van der Waals surface area contributed by atoms with Gasteiger partial charge in [0, 0.05) is 25.3 Å². The van der Waals surface area contributed by atoms with Gasteiger partial charge in [0.2, 0.25) is 0 Å². The number of sulfonamides is 1. The molecule has 0 fully saturated rings. The normalized spacial score (nSPS) is 12.3. The molecule has 1 rings (SSSR count). The lowest BCUT2D eigenvalue weighted by Gasteiger charge is -2.23. The summed E-state index contributed by atoms with van der Waals surface area (Å²) >= 11 is 0. The molecule has 0 amide bonds. The Hall–Kier alpha value is -0.980. The van der Waals surface area contributed by atoms with Crippen LogP contribution >= 0.6 is 0 Å². The summed E-state index contributed by atoms with van der Waals surface area (Å²) < 4.78 is 26.2. The zero-order valence-corrected chi connectivity index (χ0v) is 12.9. The first-order chi connectivity index (χ1) is 8.93. The molecule has 6 heteroatoms. The Morgan fingerprint density at radius 1 is 1.32 bits per heavy atom. The van der Waals surface area contributed by atoms with Crippen LogP contribution in [0.4, 0.5) is 0 Å². The minimum absolute atomic E-state index is 0.0711. The van der Waals surface area contributed by atoms with Crippen LogP contribution in [0.1, 0.15) is 33.3 Å². The van der Waals surface area contributed by atoms with Gasteiger partial charge in [0.1, 0.15) is 0 Å². The Labute approximate surface area is 116 Å². The van der Waals surface area contributed by atoms with Crippen LogP contribution in [0.15, 0.2) is 23.4 Å². The fraction of sp³-hybridized carbons (Fsp3) is 0.615. The molecule has 0 saturated carbocycles. The highest BCUT2D eigenvalue weighted by molar-refractivity contribution is 7.89. The summed E-state index contributed by atoms with van der Waals surface area (Å²) in [6, 6.07) is 3.31. The van der Waals surface area contributed by atoms with E-state index in [-0.39, 0.29) is 11.1 Å². The van der Waals surface area contributed by atoms with Gasteiger partial charge in [-0.25, -0.2) is 13.4 Å². The van der Waals surface area contributed by atoms with Gasteiger partial charge in [-0.1, -0.05) is 19.9 Å². The minimum Gasteiger partial charge on any atom is -0.313 e. The molecule has 0 atom stereocenters. The lowest BCUT2D eigenvalue weighted by atomic mass is 10.3. The van der Waals surface area contributed by atoms with Crippen LogP contribution in [0.2, 0.25) is 0 Å². The van der Waals surface area contributed by atoms with Crippen molar-refractivity contribution in [2.75, 3.05) is 13.1 Å². The SMILES string of the molecule is CCNCc1ccc(S(=O)(=O)N(CC)C(C)C)nc1. The summed E-state index contributed by atoms with van der Waals surface area (Å²) in [5.74, 6) is 0. The number of hydrogen-bond donors (Lipinski definition) is 1. The highest BCUT2D eigenvalue weighted by Gasteiger charge is 2.26. The van der Waals surface area contributed by atoms with Crippen LogP contribution in [0, 0.1) is 0 Å². The van der Waals surface area contributed by atoms with Gasteiger partial charge in [0.05, 0.1) is 0 Å². The van der Waals surface area contributed by atoms with Crippen molar-refractivity contribution in [1.29, 1.82) is 0 Å². The molecule has 1 heterocycles. The molecule has 0 unspecified atom stereocenters. The number of pyridine rings is 1. The second kappa shape index (κ2) is 6.98. The van der Waals surface area contributed by atoms with Crippen molar-refractivity contribution in [2.24, 2.45) is 0 Å². The maximum Gasteiger partial charge on any atom is 0.260 e. The van der Waals surface area contributed by atoms with Crippen LogP contribution in [-0.4, -0.2) is 36.8 Å². The van der Waals surface area contributed by atoms with Gasteiger partial charge < -0.3 is 5.32 Å². The summed E-state index contributed by atoms with van der Waals surface area (Å²) in [7, 11) is -3.49. The van der Waals surface area contributed by atoms with Crippen molar-refractivity contribution < 1.29 is 8.42 Å². The number of nitrogens with one attached hydrogen (secondary N) is 1. The summed E-state index contributed by atoms with van der Waals surface area (Å²) in [6.07, 6.45) is 1.61. The summed E-state index contributed by atoms with van der Waals surface area (Å²) in [5.41, 5.74) is 0.980.